The molecule has 0 saturated carbocycles. The van der Waals surface area contributed by atoms with Gasteiger partial charge in [0.05, 0.1) is 5.41 Å². The molecule has 0 aromatic heterocycles. The minimum absolute atomic E-state index is 0.0235. The van der Waals surface area contributed by atoms with Crippen LogP contribution in [0.15, 0.2) is 24.3 Å². The van der Waals surface area contributed by atoms with E-state index in [4.69, 9.17) is 11.6 Å². The molecule has 2 aliphatic heterocycles. The summed E-state index contributed by atoms with van der Waals surface area (Å²) in [6.45, 7) is 6.52. The van der Waals surface area contributed by atoms with E-state index in [9.17, 15) is 9.59 Å². The summed E-state index contributed by atoms with van der Waals surface area (Å²) in [5.41, 5.74) is -0.216. The van der Waals surface area contributed by atoms with Crippen LogP contribution >= 0.6 is 11.6 Å². The molecule has 130 valence electrons. The standard InChI is InChI=1S/C19H25ClN2O2/c1-4-18(2,3)21-17(24)19(14-7-5-6-8-15(14)20)11-13-9-10-16(23)22(13)12-19/h5-8,13H,4,9-12H2,1-3H3,(H,21,24)/t13-,19-/m0/s1. The lowest BCUT2D eigenvalue weighted by atomic mass is 9.76. The van der Waals surface area contributed by atoms with Crippen molar-refractivity contribution in [2.45, 2.75) is 63.5 Å². The van der Waals surface area contributed by atoms with Gasteiger partial charge in [0, 0.05) is 29.6 Å². The molecule has 0 unspecified atom stereocenters. The minimum Gasteiger partial charge on any atom is -0.350 e. The molecule has 1 aromatic carbocycles. The fraction of sp³-hybridized carbons (Fsp3) is 0.579. The molecule has 2 aliphatic rings. The van der Waals surface area contributed by atoms with Gasteiger partial charge in [0.1, 0.15) is 0 Å². The largest absolute Gasteiger partial charge is 0.350 e. The van der Waals surface area contributed by atoms with E-state index in [1.54, 1.807) is 0 Å². The van der Waals surface area contributed by atoms with Crippen molar-refractivity contribution in [2.75, 3.05) is 6.54 Å². The molecule has 0 bridgehead atoms. The molecular formula is C19H25ClN2O2. The smallest absolute Gasteiger partial charge is 0.233 e. The zero-order chi connectivity index (χ0) is 17.5. The SMILES string of the molecule is CCC(C)(C)NC(=O)[C@@]1(c2ccccc2Cl)C[C@@H]2CCC(=O)N2C1. The van der Waals surface area contributed by atoms with Crippen LogP contribution in [0.1, 0.15) is 52.0 Å². The van der Waals surface area contributed by atoms with Gasteiger partial charge in [-0.05, 0) is 44.7 Å². The molecule has 0 spiro atoms. The number of nitrogens with zero attached hydrogens (tertiary/aromatic N) is 1. The van der Waals surface area contributed by atoms with Gasteiger partial charge in [-0.3, -0.25) is 9.59 Å². The average Bonchev–Trinajstić information content (AvgIpc) is 3.08. The lowest BCUT2D eigenvalue weighted by Crippen LogP contribution is -2.53. The molecule has 2 heterocycles. The Hall–Kier alpha value is -1.55. The van der Waals surface area contributed by atoms with E-state index in [0.717, 1.165) is 18.4 Å². The average molecular weight is 349 g/mol. The van der Waals surface area contributed by atoms with Gasteiger partial charge < -0.3 is 10.2 Å². The van der Waals surface area contributed by atoms with Crippen LogP contribution in [0.2, 0.25) is 5.02 Å². The van der Waals surface area contributed by atoms with Gasteiger partial charge in [-0.2, -0.15) is 0 Å². The fourth-order valence-electron chi connectivity index (χ4n) is 3.83. The second-order valence-electron chi connectivity index (χ2n) is 7.67. The maximum absolute atomic E-state index is 13.3. The Morgan fingerprint density at radius 3 is 2.75 bits per heavy atom. The number of hydrogen-bond acceptors (Lipinski definition) is 2. The molecular weight excluding hydrogens is 324 g/mol. The monoisotopic (exact) mass is 348 g/mol. The van der Waals surface area contributed by atoms with Gasteiger partial charge in [-0.15, -0.1) is 0 Å². The zero-order valence-electron chi connectivity index (χ0n) is 14.6. The molecule has 1 aromatic rings. The number of rotatable bonds is 4. The van der Waals surface area contributed by atoms with Crippen LogP contribution in [-0.4, -0.2) is 34.8 Å². The maximum Gasteiger partial charge on any atom is 0.233 e. The van der Waals surface area contributed by atoms with E-state index in [2.05, 4.69) is 12.2 Å². The van der Waals surface area contributed by atoms with Crippen molar-refractivity contribution in [1.82, 2.24) is 10.2 Å². The van der Waals surface area contributed by atoms with Crippen LogP contribution in [-0.2, 0) is 15.0 Å². The van der Waals surface area contributed by atoms with E-state index < -0.39 is 5.41 Å². The normalized spacial score (nSPS) is 26.6. The molecule has 1 N–H and O–H groups in total. The maximum atomic E-state index is 13.3. The third-order valence-corrected chi connectivity index (χ3v) is 5.97. The Balaban J connectivity index is 2.01. The summed E-state index contributed by atoms with van der Waals surface area (Å²) in [4.78, 5) is 27.4. The number of carbonyl (C=O) groups is 2. The predicted molar refractivity (Wildman–Crippen MR) is 95.0 cm³/mol. The highest BCUT2D eigenvalue weighted by molar-refractivity contribution is 6.31. The van der Waals surface area contributed by atoms with Crippen LogP contribution in [0.5, 0.6) is 0 Å². The second kappa shape index (κ2) is 6.07. The van der Waals surface area contributed by atoms with Gasteiger partial charge in [0.2, 0.25) is 11.8 Å². The summed E-state index contributed by atoms with van der Waals surface area (Å²) < 4.78 is 0. The Bertz CT molecular complexity index is 673. The third kappa shape index (κ3) is 2.81. The highest BCUT2D eigenvalue weighted by atomic mass is 35.5. The van der Waals surface area contributed by atoms with Crippen LogP contribution < -0.4 is 5.32 Å². The van der Waals surface area contributed by atoms with Crippen molar-refractivity contribution >= 4 is 23.4 Å². The number of carbonyl (C=O) groups excluding carboxylic acids is 2. The zero-order valence-corrected chi connectivity index (χ0v) is 15.3. The Morgan fingerprint density at radius 2 is 2.12 bits per heavy atom. The van der Waals surface area contributed by atoms with Crippen LogP contribution in [0.25, 0.3) is 0 Å². The van der Waals surface area contributed by atoms with Crippen molar-refractivity contribution in [1.29, 1.82) is 0 Å². The van der Waals surface area contributed by atoms with Gasteiger partial charge in [-0.25, -0.2) is 0 Å². The van der Waals surface area contributed by atoms with Crippen molar-refractivity contribution in [3.8, 4) is 0 Å². The van der Waals surface area contributed by atoms with E-state index in [1.807, 2.05) is 43.0 Å². The highest BCUT2D eigenvalue weighted by Gasteiger charge is 2.54. The fourth-order valence-corrected chi connectivity index (χ4v) is 4.14. The summed E-state index contributed by atoms with van der Waals surface area (Å²) >= 11 is 6.45. The molecule has 2 fully saturated rings. The minimum atomic E-state index is -0.758. The highest BCUT2D eigenvalue weighted by Crippen LogP contribution is 2.45. The van der Waals surface area contributed by atoms with E-state index in [-0.39, 0.29) is 23.4 Å². The molecule has 0 aliphatic carbocycles. The lowest BCUT2D eigenvalue weighted by Gasteiger charge is -2.34. The molecule has 2 amide bonds. The number of fused-ring (bicyclic) bond motifs is 1. The molecule has 3 rings (SSSR count). The summed E-state index contributed by atoms with van der Waals surface area (Å²) in [7, 11) is 0. The van der Waals surface area contributed by atoms with Gasteiger partial charge >= 0.3 is 0 Å². The first kappa shape index (κ1) is 17.3. The third-order valence-electron chi connectivity index (χ3n) is 5.64. The summed E-state index contributed by atoms with van der Waals surface area (Å²) in [6, 6.07) is 7.67. The predicted octanol–water partition coefficient (Wildman–Crippen LogP) is 3.28. The Kier molecular flexibility index (Phi) is 4.37. The second-order valence-corrected chi connectivity index (χ2v) is 8.08. The van der Waals surface area contributed by atoms with Crippen molar-refractivity contribution in [3.05, 3.63) is 34.9 Å². The topological polar surface area (TPSA) is 49.4 Å². The van der Waals surface area contributed by atoms with Crippen LogP contribution in [0.3, 0.4) is 0 Å². The first-order valence-electron chi connectivity index (χ1n) is 8.66. The number of halogens is 1. The first-order valence-corrected chi connectivity index (χ1v) is 9.04. The number of nitrogens with one attached hydrogen (secondary N) is 1. The van der Waals surface area contributed by atoms with E-state index >= 15 is 0 Å². The van der Waals surface area contributed by atoms with Gasteiger partial charge in [0.25, 0.3) is 0 Å². The van der Waals surface area contributed by atoms with Crippen LogP contribution in [0.4, 0.5) is 0 Å². The number of benzene rings is 1. The summed E-state index contributed by atoms with van der Waals surface area (Å²) in [6.07, 6.45) is 2.90. The van der Waals surface area contributed by atoms with Crippen molar-refractivity contribution < 1.29 is 9.59 Å². The summed E-state index contributed by atoms with van der Waals surface area (Å²) in [5, 5.41) is 3.78. The molecule has 2 saturated heterocycles. The Morgan fingerprint density at radius 1 is 1.42 bits per heavy atom. The molecule has 0 radical (unpaired) electrons. The van der Waals surface area contributed by atoms with Crippen molar-refractivity contribution in [2.24, 2.45) is 0 Å². The summed E-state index contributed by atoms with van der Waals surface area (Å²) in [5.74, 6) is 0.126. The Labute approximate surface area is 148 Å². The quantitative estimate of drug-likeness (QED) is 0.907. The first-order chi connectivity index (χ1) is 11.3. The molecule has 2 atom stereocenters. The van der Waals surface area contributed by atoms with E-state index in [1.165, 1.54) is 0 Å². The number of hydrogen-bond donors (Lipinski definition) is 1. The van der Waals surface area contributed by atoms with Gasteiger partial charge in [0.15, 0.2) is 0 Å². The number of amides is 2. The van der Waals surface area contributed by atoms with Crippen molar-refractivity contribution in [3.63, 3.8) is 0 Å². The van der Waals surface area contributed by atoms with Crippen LogP contribution in [0, 0.1) is 0 Å². The molecule has 5 heteroatoms. The van der Waals surface area contributed by atoms with Gasteiger partial charge in [-0.1, -0.05) is 36.7 Å². The molecule has 4 nitrogen and oxygen atoms in total. The molecule has 24 heavy (non-hydrogen) atoms. The lowest BCUT2D eigenvalue weighted by molar-refractivity contribution is -0.130. The van der Waals surface area contributed by atoms with E-state index in [0.29, 0.717) is 24.4 Å².